The van der Waals surface area contributed by atoms with Crippen LogP contribution in [0.2, 0.25) is 0 Å². The Labute approximate surface area is 88.1 Å². The van der Waals surface area contributed by atoms with E-state index in [4.69, 9.17) is 5.73 Å². The molecule has 0 unspecified atom stereocenters. The number of rotatable bonds is 3. The molecule has 3 N–H and O–H groups in total. The third-order valence-electron chi connectivity index (χ3n) is 2.85. The van der Waals surface area contributed by atoms with Gasteiger partial charge in [-0.25, -0.2) is 4.98 Å². The first-order valence-corrected chi connectivity index (χ1v) is 5.80. The lowest BCUT2D eigenvalue weighted by Gasteiger charge is -2.27. The van der Waals surface area contributed by atoms with Crippen molar-refractivity contribution in [3.8, 4) is 0 Å². The first-order chi connectivity index (χ1) is 6.74. The minimum atomic E-state index is 0.0893. The maximum atomic E-state index is 5.82. The number of hydrogen-bond acceptors (Lipinski definition) is 5. The summed E-state index contributed by atoms with van der Waals surface area (Å²) in [6, 6.07) is 0. The molecule has 0 spiro atoms. The van der Waals surface area contributed by atoms with Gasteiger partial charge in [-0.15, -0.1) is 0 Å². The van der Waals surface area contributed by atoms with Gasteiger partial charge in [0, 0.05) is 18.1 Å². The monoisotopic (exact) mass is 212 g/mol. The van der Waals surface area contributed by atoms with Crippen LogP contribution in [0.25, 0.3) is 0 Å². The first-order valence-electron chi connectivity index (χ1n) is 5.03. The van der Waals surface area contributed by atoms with Gasteiger partial charge in [-0.2, -0.15) is 4.37 Å². The molecular formula is C9H16N4S. The molecule has 0 aromatic carbocycles. The van der Waals surface area contributed by atoms with Crippen molar-refractivity contribution in [3.05, 3.63) is 5.82 Å². The van der Waals surface area contributed by atoms with Crippen LogP contribution in [0.1, 0.15) is 31.5 Å². The van der Waals surface area contributed by atoms with Gasteiger partial charge in [0.15, 0.2) is 0 Å². The fourth-order valence-corrected chi connectivity index (χ4v) is 2.70. The Bertz CT molecular complexity index is 304. The van der Waals surface area contributed by atoms with Gasteiger partial charge in [-0.1, -0.05) is 12.8 Å². The molecule has 0 radical (unpaired) electrons. The summed E-state index contributed by atoms with van der Waals surface area (Å²) < 4.78 is 4.15. The molecule has 5 heteroatoms. The zero-order chi connectivity index (χ0) is 10.0. The Morgan fingerprint density at radius 2 is 2.21 bits per heavy atom. The fraction of sp³-hybridized carbons (Fsp3) is 0.778. The van der Waals surface area contributed by atoms with E-state index in [2.05, 4.69) is 14.7 Å². The average molecular weight is 212 g/mol. The van der Waals surface area contributed by atoms with Crippen molar-refractivity contribution in [1.29, 1.82) is 0 Å². The molecule has 0 amide bonds. The van der Waals surface area contributed by atoms with Crippen molar-refractivity contribution in [3.63, 3.8) is 0 Å². The van der Waals surface area contributed by atoms with E-state index in [1.54, 1.807) is 0 Å². The minimum absolute atomic E-state index is 0.0893. The molecule has 1 aliphatic rings. The SMILES string of the molecule is Cc1nsc(NC2(CN)CCCC2)n1. The standard InChI is InChI=1S/C9H16N4S/c1-7-11-8(14-13-7)12-9(6-10)4-2-3-5-9/h2-6,10H2,1H3,(H,11,12,13). The molecular weight excluding hydrogens is 196 g/mol. The summed E-state index contributed by atoms with van der Waals surface area (Å²) in [4.78, 5) is 4.31. The molecule has 0 saturated heterocycles. The molecule has 2 rings (SSSR count). The zero-order valence-electron chi connectivity index (χ0n) is 8.42. The highest BCUT2D eigenvalue weighted by Gasteiger charge is 2.32. The lowest BCUT2D eigenvalue weighted by Crippen LogP contribution is -2.42. The van der Waals surface area contributed by atoms with Crippen LogP contribution in [0.15, 0.2) is 0 Å². The number of aryl methyl sites for hydroxylation is 1. The van der Waals surface area contributed by atoms with Crippen LogP contribution in [0.5, 0.6) is 0 Å². The van der Waals surface area contributed by atoms with Gasteiger partial charge in [0.05, 0.1) is 5.54 Å². The third kappa shape index (κ3) is 1.88. The minimum Gasteiger partial charge on any atom is -0.354 e. The second kappa shape index (κ2) is 3.82. The van der Waals surface area contributed by atoms with Crippen molar-refractivity contribution >= 4 is 16.7 Å². The normalized spacial score (nSPS) is 19.9. The van der Waals surface area contributed by atoms with E-state index in [1.807, 2.05) is 6.92 Å². The van der Waals surface area contributed by atoms with Crippen molar-refractivity contribution in [2.75, 3.05) is 11.9 Å². The van der Waals surface area contributed by atoms with Crippen molar-refractivity contribution in [2.24, 2.45) is 5.73 Å². The summed E-state index contributed by atoms with van der Waals surface area (Å²) in [7, 11) is 0. The van der Waals surface area contributed by atoms with E-state index in [0.717, 1.165) is 23.8 Å². The Balaban J connectivity index is 2.08. The van der Waals surface area contributed by atoms with Crippen molar-refractivity contribution in [2.45, 2.75) is 38.1 Å². The van der Waals surface area contributed by atoms with Gasteiger partial charge < -0.3 is 11.1 Å². The molecule has 4 nitrogen and oxygen atoms in total. The highest BCUT2D eigenvalue weighted by Crippen LogP contribution is 2.32. The Kier molecular flexibility index (Phi) is 2.69. The predicted octanol–water partition coefficient (Wildman–Crippen LogP) is 1.53. The van der Waals surface area contributed by atoms with Crippen LogP contribution in [-0.4, -0.2) is 21.4 Å². The molecule has 1 aromatic heterocycles. The lowest BCUT2D eigenvalue weighted by atomic mass is 9.98. The second-order valence-electron chi connectivity index (χ2n) is 3.96. The molecule has 0 aliphatic heterocycles. The van der Waals surface area contributed by atoms with Crippen LogP contribution in [0, 0.1) is 6.92 Å². The van der Waals surface area contributed by atoms with Gasteiger partial charge in [0.1, 0.15) is 5.82 Å². The molecule has 0 bridgehead atoms. The number of nitrogens with two attached hydrogens (primary N) is 1. The van der Waals surface area contributed by atoms with E-state index in [0.29, 0.717) is 6.54 Å². The topological polar surface area (TPSA) is 63.8 Å². The molecule has 14 heavy (non-hydrogen) atoms. The second-order valence-corrected chi connectivity index (χ2v) is 4.72. The summed E-state index contributed by atoms with van der Waals surface area (Å²) in [5.41, 5.74) is 5.91. The highest BCUT2D eigenvalue weighted by molar-refractivity contribution is 7.09. The first kappa shape index (κ1) is 9.86. The lowest BCUT2D eigenvalue weighted by molar-refractivity contribution is 0.493. The Morgan fingerprint density at radius 3 is 2.71 bits per heavy atom. The Hall–Kier alpha value is -0.680. The largest absolute Gasteiger partial charge is 0.354 e. The molecule has 1 fully saturated rings. The smallest absolute Gasteiger partial charge is 0.203 e. The van der Waals surface area contributed by atoms with Crippen molar-refractivity contribution in [1.82, 2.24) is 9.36 Å². The number of hydrogen-bond donors (Lipinski definition) is 2. The van der Waals surface area contributed by atoms with E-state index >= 15 is 0 Å². The summed E-state index contributed by atoms with van der Waals surface area (Å²) in [6.07, 6.45) is 4.84. The third-order valence-corrected chi connectivity index (χ3v) is 3.57. The quantitative estimate of drug-likeness (QED) is 0.797. The van der Waals surface area contributed by atoms with Crippen LogP contribution in [0.3, 0.4) is 0 Å². The Morgan fingerprint density at radius 1 is 1.50 bits per heavy atom. The highest BCUT2D eigenvalue weighted by atomic mass is 32.1. The van der Waals surface area contributed by atoms with Gasteiger partial charge in [0.2, 0.25) is 5.13 Å². The molecule has 78 valence electrons. The summed E-state index contributed by atoms with van der Waals surface area (Å²) in [5.74, 6) is 0.836. The number of aromatic nitrogens is 2. The van der Waals surface area contributed by atoms with E-state index in [-0.39, 0.29) is 5.54 Å². The van der Waals surface area contributed by atoms with Gasteiger partial charge >= 0.3 is 0 Å². The molecule has 1 aliphatic carbocycles. The van der Waals surface area contributed by atoms with Crippen LogP contribution in [0.4, 0.5) is 5.13 Å². The van der Waals surface area contributed by atoms with Gasteiger partial charge in [-0.3, -0.25) is 0 Å². The van der Waals surface area contributed by atoms with Crippen molar-refractivity contribution < 1.29 is 0 Å². The van der Waals surface area contributed by atoms with Gasteiger partial charge in [-0.05, 0) is 19.8 Å². The zero-order valence-corrected chi connectivity index (χ0v) is 9.23. The molecule has 0 atom stereocenters. The van der Waals surface area contributed by atoms with E-state index in [9.17, 15) is 0 Å². The maximum absolute atomic E-state index is 5.82. The van der Waals surface area contributed by atoms with Crippen LogP contribution in [-0.2, 0) is 0 Å². The predicted molar refractivity (Wildman–Crippen MR) is 58.5 cm³/mol. The number of nitrogens with one attached hydrogen (secondary N) is 1. The fourth-order valence-electron chi connectivity index (χ4n) is 2.01. The van der Waals surface area contributed by atoms with E-state index < -0.39 is 0 Å². The molecule has 1 saturated carbocycles. The van der Waals surface area contributed by atoms with Crippen LogP contribution < -0.4 is 11.1 Å². The molecule has 1 heterocycles. The molecule has 1 aromatic rings. The maximum Gasteiger partial charge on any atom is 0.203 e. The van der Waals surface area contributed by atoms with Gasteiger partial charge in [0.25, 0.3) is 0 Å². The average Bonchev–Trinajstić information content (AvgIpc) is 2.77. The van der Waals surface area contributed by atoms with Crippen LogP contribution >= 0.6 is 11.5 Å². The summed E-state index contributed by atoms with van der Waals surface area (Å²) in [5, 5.41) is 4.36. The van der Waals surface area contributed by atoms with E-state index in [1.165, 1.54) is 24.4 Å². The number of anilines is 1. The summed E-state index contributed by atoms with van der Waals surface area (Å²) >= 11 is 1.42. The number of nitrogens with zero attached hydrogens (tertiary/aromatic N) is 2. The summed E-state index contributed by atoms with van der Waals surface area (Å²) in [6.45, 7) is 2.59.